The van der Waals surface area contributed by atoms with Crippen molar-refractivity contribution in [2.75, 3.05) is 19.8 Å². The highest BCUT2D eigenvalue weighted by molar-refractivity contribution is 5.94. The minimum absolute atomic E-state index is 0.0483. The van der Waals surface area contributed by atoms with E-state index >= 15 is 0 Å². The molecule has 1 saturated heterocycles. The number of hydrogen-bond donors (Lipinski definition) is 0. The van der Waals surface area contributed by atoms with Crippen LogP contribution in [0, 0.1) is 5.82 Å². The molecule has 0 aromatic heterocycles. The first-order valence-corrected chi connectivity index (χ1v) is 6.58. The molecule has 0 aliphatic carbocycles. The Hall–Kier alpha value is -1.63. The zero-order valence-electron chi connectivity index (χ0n) is 11.2. The number of amides is 1. The summed E-state index contributed by atoms with van der Waals surface area (Å²) in [5, 5.41) is 0. The van der Waals surface area contributed by atoms with Gasteiger partial charge in [-0.25, -0.2) is 4.39 Å². The Balaban J connectivity index is 2.20. The first kappa shape index (κ1) is 15.8. The van der Waals surface area contributed by atoms with E-state index < -0.39 is 30.5 Å². The van der Waals surface area contributed by atoms with Crippen molar-refractivity contribution >= 4 is 5.91 Å². The van der Waals surface area contributed by atoms with Gasteiger partial charge in [0, 0.05) is 24.8 Å². The molecule has 3 nitrogen and oxygen atoms in total. The van der Waals surface area contributed by atoms with E-state index in [2.05, 4.69) is 0 Å². The second-order valence-corrected chi connectivity index (χ2v) is 4.90. The van der Waals surface area contributed by atoms with E-state index in [1.165, 1.54) is 12.1 Å². The molecule has 7 heteroatoms. The summed E-state index contributed by atoms with van der Waals surface area (Å²) < 4.78 is 56.1. The molecule has 0 atom stereocenters. The van der Waals surface area contributed by atoms with Gasteiger partial charge in [-0.1, -0.05) is 0 Å². The topological polar surface area (TPSA) is 29.5 Å². The van der Waals surface area contributed by atoms with Gasteiger partial charge in [-0.15, -0.1) is 0 Å². The van der Waals surface area contributed by atoms with Crippen molar-refractivity contribution in [3.63, 3.8) is 0 Å². The summed E-state index contributed by atoms with van der Waals surface area (Å²) in [7, 11) is 0. The molecule has 21 heavy (non-hydrogen) atoms. The molecule has 1 aromatic carbocycles. The molecular weight excluding hydrogens is 290 g/mol. The summed E-state index contributed by atoms with van der Waals surface area (Å²) in [5.41, 5.74) is 0.0483. The largest absolute Gasteiger partial charge is 0.406 e. The molecule has 1 heterocycles. The Kier molecular flexibility index (Phi) is 4.82. The lowest BCUT2D eigenvalue weighted by atomic mass is 10.1. The molecule has 1 aliphatic heterocycles. The Bertz CT molecular complexity index is 481. The van der Waals surface area contributed by atoms with Gasteiger partial charge in [-0.2, -0.15) is 13.2 Å². The van der Waals surface area contributed by atoms with Crippen molar-refractivity contribution in [2.24, 2.45) is 0 Å². The predicted molar refractivity (Wildman–Crippen MR) is 67.3 cm³/mol. The third kappa shape index (κ3) is 4.42. The summed E-state index contributed by atoms with van der Waals surface area (Å²) in [4.78, 5) is 13.1. The molecule has 116 valence electrons. The number of halogens is 4. The Morgan fingerprint density at radius 1 is 1.19 bits per heavy atom. The van der Waals surface area contributed by atoms with Crippen LogP contribution in [0.25, 0.3) is 0 Å². The highest BCUT2D eigenvalue weighted by atomic mass is 19.4. The average molecular weight is 305 g/mol. The van der Waals surface area contributed by atoms with Crippen LogP contribution in [0.2, 0.25) is 0 Å². The van der Waals surface area contributed by atoms with Crippen LogP contribution in [0.5, 0.6) is 0 Å². The Morgan fingerprint density at radius 3 is 2.29 bits per heavy atom. The number of nitrogens with zero attached hydrogens (tertiary/aromatic N) is 1. The predicted octanol–water partition coefficient (Wildman–Crippen LogP) is 3.01. The number of ether oxygens (including phenoxy) is 1. The first-order valence-electron chi connectivity index (χ1n) is 6.58. The van der Waals surface area contributed by atoms with E-state index in [0.717, 1.165) is 17.0 Å². The number of carbonyl (C=O) groups is 1. The number of benzene rings is 1. The van der Waals surface area contributed by atoms with E-state index in [1.807, 2.05) is 0 Å². The SMILES string of the molecule is O=C(c1ccc(F)cc1)N(CC(F)(F)F)C1CCOCC1. The standard InChI is InChI=1S/C14H15F4NO2/c15-11-3-1-10(2-4-11)13(20)19(9-14(16,17)18)12-5-7-21-8-6-12/h1-4,12H,5-9H2. The van der Waals surface area contributed by atoms with E-state index in [9.17, 15) is 22.4 Å². The summed E-state index contributed by atoms with van der Waals surface area (Å²) in [6.07, 6.45) is -3.75. The van der Waals surface area contributed by atoms with Crippen molar-refractivity contribution in [1.29, 1.82) is 0 Å². The minimum atomic E-state index is -4.48. The second kappa shape index (κ2) is 6.43. The van der Waals surface area contributed by atoms with Gasteiger partial charge >= 0.3 is 6.18 Å². The highest BCUT2D eigenvalue weighted by Crippen LogP contribution is 2.24. The van der Waals surface area contributed by atoms with Crippen molar-refractivity contribution in [3.8, 4) is 0 Å². The second-order valence-electron chi connectivity index (χ2n) is 4.90. The Labute approximate surface area is 119 Å². The summed E-state index contributed by atoms with van der Waals surface area (Å²) in [6, 6.07) is 3.99. The lowest BCUT2D eigenvalue weighted by molar-refractivity contribution is -0.147. The zero-order valence-corrected chi connectivity index (χ0v) is 11.2. The molecule has 1 fully saturated rings. The van der Waals surface area contributed by atoms with Gasteiger partial charge in [0.05, 0.1) is 0 Å². The number of carbonyl (C=O) groups excluding carboxylic acids is 1. The minimum Gasteiger partial charge on any atom is -0.381 e. The third-order valence-corrected chi connectivity index (χ3v) is 3.33. The van der Waals surface area contributed by atoms with Crippen LogP contribution in [0.15, 0.2) is 24.3 Å². The normalized spacial score (nSPS) is 16.8. The lowest BCUT2D eigenvalue weighted by Crippen LogP contribution is -2.47. The number of rotatable bonds is 3. The average Bonchev–Trinajstić information content (AvgIpc) is 2.45. The van der Waals surface area contributed by atoms with Crippen molar-refractivity contribution in [2.45, 2.75) is 25.1 Å². The van der Waals surface area contributed by atoms with Crippen LogP contribution in [0.4, 0.5) is 17.6 Å². The molecule has 0 unspecified atom stereocenters. The van der Waals surface area contributed by atoms with E-state index in [0.29, 0.717) is 26.1 Å². The molecule has 1 aliphatic rings. The van der Waals surface area contributed by atoms with Crippen LogP contribution in [0.3, 0.4) is 0 Å². The molecule has 0 bridgehead atoms. The smallest absolute Gasteiger partial charge is 0.381 e. The quantitative estimate of drug-likeness (QED) is 0.803. The zero-order chi connectivity index (χ0) is 15.5. The van der Waals surface area contributed by atoms with Gasteiger partial charge in [0.25, 0.3) is 5.91 Å². The van der Waals surface area contributed by atoms with E-state index in [4.69, 9.17) is 4.74 Å². The molecule has 1 amide bonds. The number of hydrogen-bond acceptors (Lipinski definition) is 2. The van der Waals surface area contributed by atoms with Gasteiger partial charge in [-0.05, 0) is 37.1 Å². The first-order chi connectivity index (χ1) is 9.87. The number of alkyl halides is 3. The fraction of sp³-hybridized carbons (Fsp3) is 0.500. The molecule has 1 aromatic rings. The van der Waals surface area contributed by atoms with Gasteiger partial charge < -0.3 is 9.64 Å². The fourth-order valence-electron chi connectivity index (χ4n) is 2.31. The highest BCUT2D eigenvalue weighted by Gasteiger charge is 2.37. The monoisotopic (exact) mass is 305 g/mol. The van der Waals surface area contributed by atoms with Crippen LogP contribution >= 0.6 is 0 Å². The van der Waals surface area contributed by atoms with Crippen LogP contribution < -0.4 is 0 Å². The van der Waals surface area contributed by atoms with Crippen LogP contribution in [-0.4, -0.2) is 42.8 Å². The maximum Gasteiger partial charge on any atom is 0.406 e. The van der Waals surface area contributed by atoms with Crippen LogP contribution in [-0.2, 0) is 4.74 Å². The summed E-state index contributed by atoms with van der Waals surface area (Å²) in [6.45, 7) is -0.653. The maximum absolute atomic E-state index is 12.9. The molecule has 0 N–H and O–H groups in total. The van der Waals surface area contributed by atoms with Gasteiger partial charge in [0.2, 0.25) is 0 Å². The van der Waals surface area contributed by atoms with Crippen molar-refractivity contribution in [3.05, 3.63) is 35.6 Å². The molecular formula is C14H15F4NO2. The van der Waals surface area contributed by atoms with Crippen molar-refractivity contribution in [1.82, 2.24) is 4.90 Å². The van der Waals surface area contributed by atoms with Crippen molar-refractivity contribution < 1.29 is 27.1 Å². The fourth-order valence-corrected chi connectivity index (χ4v) is 2.31. The maximum atomic E-state index is 12.9. The molecule has 0 spiro atoms. The lowest BCUT2D eigenvalue weighted by Gasteiger charge is -2.34. The molecule has 0 radical (unpaired) electrons. The van der Waals surface area contributed by atoms with E-state index in [1.54, 1.807) is 0 Å². The van der Waals surface area contributed by atoms with Gasteiger partial charge in [-0.3, -0.25) is 4.79 Å². The van der Waals surface area contributed by atoms with Gasteiger partial charge in [0.1, 0.15) is 12.4 Å². The summed E-state index contributed by atoms with van der Waals surface area (Å²) in [5.74, 6) is -1.28. The van der Waals surface area contributed by atoms with E-state index in [-0.39, 0.29) is 5.56 Å². The third-order valence-electron chi connectivity index (χ3n) is 3.33. The molecule has 0 saturated carbocycles. The Morgan fingerprint density at radius 2 is 1.76 bits per heavy atom. The van der Waals surface area contributed by atoms with Gasteiger partial charge in [0.15, 0.2) is 0 Å². The molecule has 2 rings (SSSR count). The summed E-state index contributed by atoms with van der Waals surface area (Å²) >= 11 is 0. The van der Waals surface area contributed by atoms with Crippen LogP contribution in [0.1, 0.15) is 23.2 Å².